The van der Waals surface area contributed by atoms with Crippen molar-refractivity contribution in [1.82, 2.24) is 5.32 Å². The summed E-state index contributed by atoms with van der Waals surface area (Å²) in [5.74, 6) is -0.0144. The maximum absolute atomic E-state index is 13.6. The highest BCUT2D eigenvalue weighted by molar-refractivity contribution is 8.00. The summed E-state index contributed by atoms with van der Waals surface area (Å²) >= 11 is 2.86. The summed E-state index contributed by atoms with van der Waals surface area (Å²) in [6.45, 7) is 11.0. The van der Waals surface area contributed by atoms with Gasteiger partial charge in [-0.2, -0.15) is 5.26 Å². The number of amides is 3. The topological polar surface area (TPSA) is 111 Å². The summed E-state index contributed by atoms with van der Waals surface area (Å²) in [5, 5.41) is 19.2. The molecule has 5 rings (SSSR count). The average molecular weight is 691 g/mol. The number of carbonyl (C=O) groups is 3. The van der Waals surface area contributed by atoms with Gasteiger partial charge in [0, 0.05) is 21.0 Å². The van der Waals surface area contributed by atoms with E-state index in [4.69, 9.17) is 0 Å². The number of nitrogens with zero attached hydrogens (tertiary/aromatic N) is 1. The van der Waals surface area contributed by atoms with Crippen LogP contribution in [0.2, 0.25) is 0 Å². The van der Waals surface area contributed by atoms with Crippen molar-refractivity contribution >= 4 is 57.6 Å². The molecule has 0 saturated heterocycles. The fourth-order valence-corrected chi connectivity index (χ4v) is 7.84. The molecule has 1 aliphatic rings. The summed E-state index contributed by atoms with van der Waals surface area (Å²) < 4.78 is 0. The Kier molecular flexibility index (Phi) is 11.4. The minimum Gasteiger partial charge on any atom is -0.321 e. The number of carbonyl (C=O) groups excluding carboxylic acids is 3. The summed E-state index contributed by atoms with van der Waals surface area (Å²) in [6.07, 6.45) is 4.49. The van der Waals surface area contributed by atoms with Crippen molar-refractivity contribution in [1.29, 1.82) is 5.26 Å². The van der Waals surface area contributed by atoms with E-state index in [-0.39, 0.29) is 22.8 Å². The molecule has 0 fully saturated rings. The van der Waals surface area contributed by atoms with E-state index < -0.39 is 11.8 Å². The third kappa shape index (κ3) is 9.28. The van der Waals surface area contributed by atoms with Crippen LogP contribution >= 0.6 is 23.1 Å². The van der Waals surface area contributed by atoms with Crippen LogP contribution in [0.15, 0.2) is 89.5 Å². The van der Waals surface area contributed by atoms with Crippen molar-refractivity contribution in [2.45, 2.75) is 64.7 Å². The van der Waals surface area contributed by atoms with Crippen molar-refractivity contribution < 1.29 is 14.4 Å². The molecule has 9 heteroatoms. The molecule has 0 aliphatic heterocycles. The number of nitrogens with one attached hydrogen (secondary N) is 3. The molecule has 1 atom stereocenters. The Balaban J connectivity index is 1.25. The van der Waals surface area contributed by atoms with Crippen LogP contribution in [0.25, 0.3) is 6.08 Å². The van der Waals surface area contributed by atoms with Gasteiger partial charge in [-0.25, -0.2) is 0 Å². The van der Waals surface area contributed by atoms with E-state index in [0.717, 1.165) is 35.3 Å². The quantitative estimate of drug-likeness (QED) is 0.114. The molecular weight excluding hydrogens is 649 g/mol. The van der Waals surface area contributed by atoms with Crippen LogP contribution in [0.5, 0.6) is 0 Å². The van der Waals surface area contributed by atoms with E-state index in [9.17, 15) is 19.6 Å². The third-order valence-corrected chi connectivity index (χ3v) is 10.9. The van der Waals surface area contributed by atoms with Crippen molar-refractivity contribution in [3.63, 3.8) is 0 Å². The molecule has 3 amide bonds. The number of rotatable bonds is 10. The zero-order valence-corrected chi connectivity index (χ0v) is 30.2. The molecule has 1 aromatic heterocycles. The molecule has 252 valence electrons. The second-order valence-corrected chi connectivity index (χ2v) is 15.8. The van der Waals surface area contributed by atoms with Crippen LogP contribution in [0.1, 0.15) is 84.4 Å². The molecular formula is C40H42N4O3S2. The fraction of sp³-hybridized carbons (Fsp3) is 0.300. The second-order valence-electron chi connectivity index (χ2n) is 13.6. The smallest absolute Gasteiger partial charge is 0.272 e. The standard InChI is InChI=1S/C40H42N4O3S2/c1-25(2)27-16-14-26(15-17-27)20-34(43-37(46)28-10-7-6-8-11-28)38(47)42-30-12-9-13-31(22-30)48-24-36(45)44-39-33(23-41)32-19-18-29(40(3,4)5)21-35(32)49-39/h6-17,20,22,25,29H,18-19,21,24H2,1-5H3,(H,42,47)(H,43,46)(H,44,45)/b34-20+. The molecule has 1 aliphatic carbocycles. The number of thiophene rings is 1. The number of nitriles is 1. The monoisotopic (exact) mass is 690 g/mol. The first-order valence-electron chi connectivity index (χ1n) is 16.5. The fourth-order valence-electron chi connectivity index (χ4n) is 5.79. The lowest BCUT2D eigenvalue weighted by Crippen LogP contribution is -2.30. The van der Waals surface area contributed by atoms with Gasteiger partial charge in [0.2, 0.25) is 5.91 Å². The lowest BCUT2D eigenvalue weighted by molar-refractivity contribution is -0.114. The first kappa shape index (κ1) is 35.7. The normalized spacial score (nSPS) is 14.5. The molecule has 7 nitrogen and oxygen atoms in total. The summed E-state index contributed by atoms with van der Waals surface area (Å²) in [7, 11) is 0. The van der Waals surface area contributed by atoms with Gasteiger partial charge in [0.1, 0.15) is 16.8 Å². The van der Waals surface area contributed by atoms with E-state index in [0.29, 0.717) is 33.7 Å². The van der Waals surface area contributed by atoms with E-state index in [1.54, 1.807) is 48.5 Å². The second kappa shape index (κ2) is 15.7. The summed E-state index contributed by atoms with van der Waals surface area (Å²) in [5.41, 5.74) is 4.88. The molecule has 4 aromatic rings. The maximum atomic E-state index is 13.6. The minimum atomic E-state index is -0.475. The summed E-state index contributed by atoms with van der Waals surface area (Å²) in [6, 6.07) is 26.2. The number of hydrogen-bond acceptors (Lipinski definition) is 6. The lowest BCUT2D eigenvalue weighted by Gasteiger charge is -2.33. The Hall–Kier alpha value is -4.65. The maximum Gasteiger partial charge on any atom is 0.272 e. The third-order valence-electron chi connectivity index (χ3n) is 8.76. The van der Waals surface area contributed by atoms with Gasteiger partial charge in [0.25, 0.3) is 11.8 Å². The van der Waals surface area contributed by atoms with Crippen molar-refractivity contribution in [2.75, 3.05) is 16.4 Å². The van der Waals surface area contributed by atoms with Gasteiger partial charge in [-0.05, 0) is 89.6 Å². The predicted molar refractivity (Wildman–Crippen MR) is 201 cm³/mol. The molecule has 0 saturated carbocycles. The van der Waals surface area contributed by atoms with Crippen LogP contribution in [0.3, 0.4) is 0 Å². The molecule has 3 aromatic carbocycles. The first-order valence-corrected chi connectivity index (χ1v) is 18.3. The Bertz CT molecular complexity index is 1900. The largest absolute Gasteiger partial charge is 0.321 e. The van der Waals surface area contributed by atoms with Gasteiger partial charge in [0.05, 0.1) is 11.3 Å². The Morgan fingerprint density at radius 2 is 1.73 bits per heavy atom. The highest BCUT2D eigenvalue weighted by Crippen LogP contribution is 2.44. The first-order chi connectivity index (χ1) is 23.4. The van der Waals surface area contributed by atoms with Gasteiger partial charge in [0.15, 0.2) is 0 Å². The SMILES string of the molecule is CC(C)c1ccc(/C=C(/NC(=O)c2ccccc2)C(=O)Nc2cccc(SCC(=O)Nc3sc4c(c3C#N)CCC(C(C)(C)C)C4)c2)cc1. The van der Waals surface area contributed by atoms with Crippen LogP contribution in [0.4, 0.5) is 10.7 Å². The number of benzene rings is 3. The number of thioether (sulfide) groups is 1. The molecule has 0 radical (unpaired) electrons. The highest BCUT2D eigenvalue weighted by atomic mass is 32.2. The van der Waals surface area contributed by atoms with Gasteiger partial charge in [-0.15, -0.1) is 23.1 Å². The molecule has 49 heavy (non-hydrogen) atoms. The van der Waals surface area contributed by atoms with Crippen molar-refractivity contribution in [3.8, 4) is 6.07 Å². The molecule has 1 heterocycles. The summed E-state index contributed by atoms with van der Waals surface area (Å²) in [4.78, 5) is 41.6. The Morgan fingerprint density at radius 3 is 2.41 bits per heavy atom. The van der Waals surface area contributed by atoms with Crippen molar-refractivity contribution in [2.24, 2.45) is 11.3 Å². The Labute approximate surface area is 297 Å². The zero-order valence-electron chi connectivity index (χ0n) is 28.6. The van der Waals surface area contributed by atoms with Crippen molar-refractivity contribution in [3.05, 3.63) is 117 Å². The van der Waals surface area contributed by atoms with Gasteiger partial charge in [-0.3, -0.25) is 14.4 Å². The molecule has 0 spiro atoms. The zero-order chi connectivity index (χ0) is 35.1. The molecule has 1 unspecified atom stereocenters. The van der Waals surface area contributed by atoms with Crippen LogP contribution in [-0.2, 0) is 22.4 Å². The van der Waals surface area contributed by atoms with E-state index >= 15 is 0 Å². The highest BCUT2D eigenvalue weighted by Gasteiger charge is 2.32. The average Bonchev–Trinajstić information content (AvgIpc) is 3.43. The van der Waals surface area contributed by atoms with Gasteiger partial charge >= 0.3 is 0 Å². The van der Waals surface area contributed by atoms with Crippen LogP contribution in [0, 0.1) is 22.7 Å². The van der Waals surface area contributed by atoms with E-state index in [2.05, 4.69) is 56.6 Å². The Morgan fingerprint density at radius 1 is 1.00 bits per heavy atom. The van der Waals surface area contributed by atoms with E-state index in [1.807, 2.05) is 36.4 Å². The van der Waals surface area contributed by atoms with Crippen LogP contribution < -0.4 is 16.0 Å². The number of anilines is 2. The van der Waals surface area contributed by atoms with Crippen LogP contribution in [-0.4, -0.2) is 23.5 Å². The predicted octanol–water partition coefficient (Wildman–Crippen LogP) is 9.03. The lowest BCUT2D eigenvalue weighted by atomic mass is 9.72. The number of fused-ring (bicyclic) bond motifs is 1. The molecule has 3 N–H and O–H groups in total. The molecule has 0 bridgehead atoms. The number of hydrogen-bond donors (Lipinski definition) is 3. The van der Waals surface area contributed by atoms with Gasteiger partial charge < -0.3 is 16.0 Å². The van der Waals surface area contributed by atoms with E-state index in [1.165, 1.54) is 33.5 Å². The van der Waals surface area contributed by atoms with Gasteiger partial charge in [-0.1, -0.05) is 83.1 Å². The minimum absolute atomic E-state index is 0.101.